The first kappa shape index (κ1) is 13.8. The minimum absolute atomic E-state index is 0.131. The molecule has 0 bridgehead atoms. The fraction of sp³-hybridized carbons (Fsp3) is 0.333. The van der Waals surface area contributed by atoms with Gasteiger partial charge in [0.25, 0.3) is 5.91 Å². The Kier molecular flexibility index (Phi) is 4.53. The van der Waals surface area contributed by atoms with Crippen molar-refractivity contribution in [3.05, 3.63) is 23.8 Å². The zero-order chi connectivity index (χ0) is 13.7. The van der Waals surface area contributed by atoms with Crippen LogP contribution < -0.4 is 10.5 Å². The van der Waals surface area contributed by atoms with Crippen LogP contribution in [-0.4, -0.2) is 44.6 Å². The molecule has 2 N–H and O–H groups in total. The molecular weight excluding hydrogens is 236 g/mol. The number of benzene rings is 1. The van der Waals surface area contributed by atoms with Gasteiger partial charge in [-0.15, -0.1) is 0 Å². The molecule has 0 atom stereocenters. The molecule has 0 aliphatic carbocycles. The number of amides is 1. The van der Waals surface area contributed by atoms with E-state index < -0.39 is 5.97 Å². The van der Waals surface area contributed by atoms with E-state index in [1.807, 2.05) is 0 Å². The molecule has 1 aromatic carbocycles. The molecule has 0 saturated carbocycles. The molecule has 1 aromatic rings. The van der Waals surface area contributed by atoms with Gasteiger partial charge in [-0.2, -0.15) is 0 Å². The minimum atomic E-state index is -0.680. The van der Waals surface area contributed by atoms with Crippen molar-refractivity contribution in [2.75, 3.05) is 33.5 Å². The summed E-state index contributed by atoms with van der Waals surface area (Å²) in [4.78, 5) is 24.5. The third kappa shape index (κ3) is 3.13. The molecule has 0 saturated heterocycles. The number of carbonyl (C=O) groups is 2. The topological polar surface area (TPSA) is 81.9 Å². The standard InChI is InChI=1S/C12H16N2O4/c1-14(2)10(15)7-18-12(16)11-8(13)5-4-6-9(11)17-3/h4-6H,7,13H2,1-3H3. The van der Waals surface area contributed by atoms with Gasteiger partial charge >= 0.3 is 5.97 Å². The Morgan fingerprint density at radius 2 is 2.00 bits per heavy atom. The van der Waals surface area contributed by atoms with Crippen molar-refractivity contribution in [1.82, 2.24) is 4.90 Å². The van der Waals surface area contributed by atoms with E-state index in [4.69, 9.17) is 15.2 Å². The van der Waals surface area contributed by atoms with E-state index in [0.29, 0.717) is 5.75 Å². The lowest BCUT2D eigenvalue weighted by Crippen LogP contribution is -2.27. The van der Waals surface area contributed by atoms with Gasteiger partial charge < -0.3 is 20.1 Å². The largest absolute Gasteiger partial charge is 0.496 e. The number of ether oxygens (including phenoxy) is 2. The molecule has 6 nitrogen and oxygen atoms in total. The summed E-state index contributed by atoms with van der Waals surface area (Å²) in [6.45, 7) is -0.330. The molecule has 18 heavy (non-hydrogen) atoms. The second kappa shape index (κ2) is 5.90. The molecule has 98 valence electrons. The lowest BCUT2D eigenvalue weighted by atomic mass is 10.1. The van der Waals surface area contributed by atoms with Crippen molar-refractivity contribution < 1.29 is 19.1 Å². The minimum Gasteiger partial charge on any atom is -0.496 e. The highest BCUT2D eigenvalue weighted by Crippen LogP contribution is 2.24. The molecule has 0 aliphatic rings. The number of carbonyl (C=O) groups excluding carboxylic acids is 2. The third-order valence-corrected chi connectivity index (χ3v) is 2.31. The van der Waals surface area contributed by atoms with Crippen LogP contribution in [0.15, 0.2) is 18.2 Å². The molecule has 0 unspecified atom stereocenters. The van der Waals surface area contributed by atoms with Crippen molar-refractivity contribution in [3.63, 3.8) is 0 Å². The summed E-state index contributed by atoms with van der Waals surface area (Å²) in [5.74, 6) is -0.672. The second-order valence-electron chi connectivity index (χ2n) is 3.79. The van der Waals surface area contributed by atoms with Gasteiger partial charge in [-0.05, 0) is 12.1 Å². The number of hydrogen-bond donors (Lipinski definition) is 1. The first-order chi connectivity index (χ1) is 8.47. The van der Waals surface area contributed by atoms with E-state index in [1.165, 1.54) is 12.0 Å². The van der Waals surface area contributed by atoms with Gasteiger partial charge in [0.1, 0.15) is 11.3 Å². The zero-order valence-corrected chi connectivity index (χ0v) is 10.6. The fourth-order valence-electron chi connectivity index (χ4n) is 1.27. The number of hydrogen-bond acceptors (Lipinski definition) is 5. The Morgan fingerprint density at radius 3 is 2.56 bits per heavy atom. The highest BCUT2D eigenvalue weighted by molar-refractivity contribution is 5.99. The van der Waals surface area contributed by atoms with Gasteiger partial charge in [-0.25, -0.2) is 4.79 Å². The van der Waals surface area contributed by atoms with Crippen LogP contribution in [-0.2, 0) is 9.53 Å². The van der Waals surface area contributed by atoms with Crippen molar-refractivity contribution in [3.8, 4) is 5.75 Å². The Bertz CT molecular complexity index is 457. The SMILES string of the molecule is COc1cccc(N)c1C(=O)OCC(=O)N(C)C. The maximum absolute atomic E-state index is 11.8. The number of nitrogens with zero attached hydrogens (tertiary/aromatic N) is 1. The average Bonchev–Trinajstić information content (AvgIpc) is 2.34. The molecule has 0 aromatic heterocycles. The summed E-state index contributed by atoms with van der Waals surface area (Å²) in [6.07, 6.45) is 0. The van der Waals surface area contributed by atoms with Crippen molar-refractivity contribution >= 4 is 17.6 Å². The van der Waals surface area contributed by atoms with E-state index in [-0.39, 0.29) is 23.8 Å². The van der Waals surface area contributed by atoms with Gasteiger partial charge in [0.05, 0.1) is 7.11 Å². The van der Waals surface area contributed by atoms with Crippen LogP contribution >= 0.6 is 0 Å². The molecule has 1 rings (SSSR count). The highest BCUT2D eigenvalue weighted by atomic mass is 16.5. The summed E-state index contributed by atoms with van der Waals surface area (Å²) >= 11 is 0. The Labute approximate surface area is 105 Å². The van der Waals surface area contributed by atoms with Crippen LogP contribution in [0.3, 0.4) is 0 Å². The molecule has 0 spiro atoms. The second-order valence-corrected chi connectivity index (χ2v) is 3.79. The lowest BCUT2D eigenvalue weighted by molar-refractivity contribution is -0.131. The molecule has 0 radical (unpaired) electrons. The summed E-state index contributed by atoms with van der Waals surface area (Å²) in [5, 5.41) is 0. The van der Waals surface area contributed by atoms with E-state index >= 15 is 0 Å². The Balaban J connectivity index is 2.82. The van der Waals surface area contributed by atoms with Crippen LogP contribution in [0.1, 0.15) is 10.4 Å². The maximum atomic E-state index is 11.8. The third-order valence-electron chi connectivity index (χ3n) is 2.31. The first-order valence-corrected chi connectivity index (χ1v) is 5.27. The number of anilines is 1. The number of esters is 1. The highest BCUT2D eigenvalue weighted by Gasteiger charge is 2.18. The number of methoxy groups -OCH3 is 1. The van der Waals surface area contributed by atoms with Crippen molar-refractivity contribution in [2.24, 2.45) is 0 Å². The van der Waals surface area contributed by atoms with E-state index in [1.54, 1.807) is 32.3 Å². The summed E-state index contributed by atoms with van der Waals surface area (Å²) < 4.78 is 9.91. The molecule has 0 heterocycles. The summed E-state index contributed by atoms with van der Waals surface area (Å²) in [5.41, 5.74) is 6.07. The first-order valence-electron chi connectivity index (χ1n) is 5.27. The Hall–Kier alpha value is -2.24. The van der Waals surface area contributed by atoms with E-state index in [9.17, 15) is 9.59 Å². The van der Waals surface area contributed by atoms with Crippen LogP contribution in [0.5, 0.6) is 5.75 Å². The quantitative estimate of drug-likeness (QED) is 0.624. The lowest BCUT2D eigenvalue weighted by Gasteiger charge is -2.12. The molecule has 6 heteroatoms. The van der Waals surface area contributed by atoms with Gasteiger partial charge in [-0.3, -0.25) is 4.79 Å². The zero-order valence-electron chi connectivity index (χ0n) is 10.6. The van der Waals surface area contributed by atoms with Crippen LogP contribution in [0.4, 0.5) is 5.69 Å². The number of nitrogen functional groups attached to an aromatic ring is 1. The molecule has 0 fully saturated rings. The monoisotopic (exact) mass is 252 g/mol. The average molecular weight is 252 g/mol. The van der Waals surface area contributed by atoms with Crippen molar-refractivity contribution in [1.29, 1.82) is 0 Å². The summed E-state index contributed by atoms with van der Waals surface area (Å²) in [7, 11) is 4.58. The van der Waals surface area contributed by atoms with Crippen LogP contribution in [0.2, 0.25) is 0 Å². The Morgan fingerprint density at radius 1 is 1.33 bits per heavy atom. The van der Waals surface area contributed by atoms with Crippen LogP contribution in [0.25, 0.3) is 0 Å². The number of nitrogens with two attached hydrogens (primary N) is 1. The normalized spacial score (nSPS) is 9.72. The van der Waals surface area contributed by atoms with Gasteiger partial charge in [0, 0.05) is 19.8 Å². The maximum Gasteiger partial charge on any atom is 0.344 e. The van der Waals surface area contributed by atoms with Crippen molar-refractivity contribution in [2.45, 2.75) is 0 Å². The van der Waals surface area contributed by atoms with E-state index in [0.717, 1.165) is 0 Å². The fourth-order valence-corrected chi connectivity index (χ4v) is 1.27. The predicted molar refractivity (Wildman–Crippen MR) is 66.4 cm³/mol. The number of rotatable bonds is 4. The number of likely N-dealkylation sites (N-methyl/N-ethyl adjacent to an activating group) is 1. The summed E-state index contributed by atoms with van der Waals surface area (Å²) in [6, 6.07) is 4.82. The molecule has 0 aliphatic heterocycles. The van der Waals surface area contributed by atoms with Gasteiger partial charge in [-0.1, -0.05) is 6.07 Å². The van der Waals surface area contributed by atoms with Gasteiger partial charge in [0.15, 0.2) is 6.61 Å². The molecule has 1 amide bonds. The molecular formula is C12H16N2O4. The predicted octanol–water partition coefficient (Wildman–Crippen LogP) is 0.522. The van der Waals surface area contributed by atoms with Crippen LogP contribution in [0, 0.1) is 0 Å². The van der Waals surface area contributed by atoms with E-state index in [2.05, 4.69) is 0 Å². The smallest absolute Gasteiger partial charge is 0.344 e. The van der Waals surface area contributed by atoms with Gasteiger partial charge in [0.2, 0.25) is 0 Å².